The summed E-state index contributed by atoms with van der Waals surface area (Å²) < 4.78 is 0. The highest BCUT2D eigenvalue weighted by Gasteiger charge is 2.15. The van der Waals surface area contributed by atoms with Crippen molar-refractivity contribution < 1.29 is 10.0 Å². The number of carbonyl (C=O) groups excluding carboxylic acids is 1. The van der Waals surface area contributed by atoms with Gasteiger partial charge in [-0.3, -0.25) is 10.0 Å². The van der Waals surface area contributed by atoms with E-state index in [2.05, 4.69) is 0 Å². The minimum absolute atomic E-state index is 0.225. The normalized spacial score (nSPS) is 16.4. The molecule has 4 N–H and O–H groups in total. The number of rotatable bonds is 2. The van der Waals surface area contributed by atoms with Crippen LogP contribution >= 0.6 is 0 Å². The van der Waals surface area contributed by atoms with Gasteiger partial charge in [-0.25, -0.2) is 5.48 Å². The third-order valence-corrected chi connectivity index (χ3v) is 1.31. The fourth-order valence-corrected chi connectivity index (χ4v) is 0.341. The van der Waals surface area contributed by atoms with Crippen LogP contribution in [-0.2, 0) is 4.79 Å². The first kappa shape index (κ1) is 8.39. The molecule has 0 aliphatic heterocycles. The highest BCUT2D eigenvalue weighted by Crippen LogP contribution is 1.97. The van der Waals surface area contributed by atoms with Gasteiger partial charge in [0, 0.05) is 6.04 Å². The van der Waals surface area contributed by atoms with Crippen molar-refractivity contribution in [3.63, 3.8) is 0 Å². The van der Waals surface area contributed by atoms with Gasteiger partial charge in [0.05, 0.1) is 5.92 Å². The molecule has 0 rings (SSSR count). The minimum atomic E-state index is -0.440. The van der Waals surface area contributed by atoms with Gasteiger partial charge in [-0.05, 0) is 6.92 Å². The zero-order chi connectivity index (χ0) is 7.44. The molecule has 54 valence electrons. The molecule has 0 saturated carbocycles. The minimum Gasteiger partial charge on any atom is -0.327 e. The Kier molecular flexibility index (Phi) is 3.19. The van der Waals surface area contributed by atoms with Crippen molar-refractivity contribution in [1.29, 1.82) is 0 Å². The lowest BCUT2D eigenvalue weighted by Crippen LogP contribution is -2.37. The molecular formula is C5H12N2O2. The van der Waals surface area contributed by atoms with Crippen LogP contribution in [0.2, 0.25) is 0 Å². The van der Waals surface area contributed by atoms with Gasteiger partial charge in [0.1, 0.15) is 0 Å². The Labute approximate surface area is 54.0 Å². The molecule has 4 nitrogen and oxygen atoms in total. The van der Waals surface area contributed by atoms with Crippen LogP contribution in [0.25, 0.3) is 0 Å². The monoisotopic (exact) mass is 132 g/mol. The van der Waals surface area contributed by atoms with Crippen LogP contribution in [0, 0.1) is 5.92 Å². The number of hydrogen-bond donors (Lipinski definition) is 3. The number of carbonyl (C=O) groups is 1. The molecule has 0 fully saturated rings. The zero-order valence-corrected chi connectivity index (χ0v) is 5.59. The number of nitrogens with one attached hydrogen (secondary N) is 1. The van der Waals surface area contributed by atoms with Gasteiger partial charge in [0.2, 0.25) is 5.91 Å². The second-order valence-corrected chi connectivity index (χ2v) is 2.12. The smallest absolute Gasteiger partial charge is 0.247 e. The first-order valence-corrected chi connectivity index (χ1v) is 2.79. The first-order chi connectivity index (χ1) is 4.09. The van der Waals surface area contributed by atoms with E-state index in [4.69, 9.17) is 10.9 Å². The third-order valence-electron chi connectivity index (χ3n) is 1.31. The summed E-state index contributed by atoms with van der Waals surface area (Å²) in [5, 5.41) is 8.10. The Bertz CT molecular complexity index is 103. The van der Waals surface area contributed by atoms with E-state index in [1.807, 2.05) is 0 Å². The molecule has 0 radical (unpaired) electrons. The zero-order valence-electron chi connectivity index (χ0n) is 5.59. The molecule has 1 amide bonds. The molecule has 2 atom stereocenters. The fraction of sp³-hybridized carbons (Fsp3) is 0.800. The van der Waals surface area contributed by atoms with E-state index in [9.17, 15) is 4.79 Å². The van der Waals surface area contributed by atoms with Crippen LogP contribution in [0.1, 0.15) is 13.8 Å². The number of nitrogens with two attached hydrogens (primary N) is 1. The van der Waals surface area contributed by atoms with Crippen LogP contribution in [0.3, 0.4) is 0 Å². The number of hydroxylamine groups is 1. The molecule has 4 heteroatoms. The molecule has 9 heavy (non-hydrogen) atoms. The molecule has 0 aliphatic rings. The van der Waals surface area contributed by atoms with E-state index in [-0.39, 0.29) is 12.0 Å². The van der Waals surface area contributed by atoms with E-state index in [1.54, 1.807) is 13.8 Å². The molecule has 0 aromatic rings. The molecule has 0 heterocycles. The summed E-state index contributed by atoms with van der Waals surface area (Å²) in [4.78, 5) is 10.5. The van der Waals surface area contributed by atoms with Gasteiger partial charge >= 0.3 is 0 Å². The molecule has 0 saturated heterocycles. The predicted octanol–water partition coefficient (Wildman–Crippen LogP) is -0.525. The maximum Gasteiger partial charge on any atom is 0.247 e. The Morgan fingerprint density at radius 1 is 1.67 bits per heavy atom. The summed E-state index contributed by atoms with van der Waals surface area (Å²) in [5.41, 5.74) is 6.87. The summed E-state index contributed by atoms with van der Waals surface area (Å²) in [5.74, 6) is -0.778. The maximum atomic E-state index is 10.5. The van der Waals surface area contributed by atoms with Gasteiger partial charge < -0.3 is 5.73 Å². The van der Waals surface area contributed by atoms with Crippen molar-refractivity contribution in [3.8, 4) is 0 Å². The Hall–Kier alpha value is -0.610. The van der Waals surface area contributed by atoms with Crippen LogP contribution < -0.4 is 11.2 Å². The summed E-state index contributed by atoms with van der Waals surface area (Å²) in [6, 6.07) is -0.225. The summed E-state index contributed by atoms with van der Waals surface area (Å²) >= 11 is 0. The second kappa shape index (κ2) is 3.42. The van der Waals surface area contributed by atoms with Crippen LogP contribution in [0.15, 0.2) is 0 Å². The van der Waals surface area contributed by atoms with Crippen LogP contribution in [0.4, 0.5) is 0 Å². The van der Waals surface area contributed by atoms with Gasteiger partial charge in [0.15, 0.2) is 0 Å². The largest absolute Gasteiger partial charge is 0.327 e. The van der Waals surface area contributed by atoms with Crippen molar-refractivity contribution >= 4 is 5.91 Å². The molecular weight excluding hydrogens is 120 g/mol. The van der Waals surface area contributed by atoms with Gasteiger partial charge in [-0.2, -0.15) is 0 Å². The van der Waals surface area contributed by atoms with Gasteiger partial charge in [0.25, 0.3) is 0 Å². The maximum absolute atomic E-state index is 10.5. The SMILES string of the molecule is CC(N)C(C)C(=O)NO. The number of hydrogen-bond acceptors (Lipinski definition) is 3. The van der Waals surface area contributed by atoms with E-state index in [1.165, 1.54) is 5.48 Å². The second-order valence-electron chi connectivity index (χ2n) is 2.12. The molecule has 0 aromatic heterocycles. The average Bonchev–Trinajstić information content (AvgIpc) is 1.84. The van der Waals surface area contributed by atoms with E-state index >= 15 is 0 Å². The molecule has 0 aliphatic carbocycles. The Morgan fingerprint density at radius 3 is 2.22 bits per heavy atom. The Morgan fingerprint density at radius 2 is 2.11 bits per heavy atom. The van der Waals surface area contributed by atoms with Crippen molar-refractivity contribution in [2.45, 2.75) is 19.9 Å². The highest BCUT2D eigenvalue weighted by molar-refractivity contribution is 5.77. The van der Waals surface area contributed by atoms with Crippen molar-refractivity contribution in [2.24, 2.45) is 11.7 Å². The van der Waals surface area contributed by atoms with E-state index < -0.39 is 5.91 Å². The number of amides is 1. The lowest BCUT2D eigenvalue weighted by Gasteiger charge is -2.11. The van der Waals surface area contributed by atoms with Crippen LogP contribution in [0.5, 0.6) is 0 Å². The van der Waals surface area contributed by atoms with Gasteiger partial charge in [-0.1, -0.05) is 6.92 Å². The van der Waals surface area contributed by atoms with Crippen molar-refractivity contribution in [1.82, 2.24) is 5.48 Å². The lowest BCUT2D eigenvalue weighted by molar-refractivity contribution is -0.133. The van der Waals surface area contributed by atoms with E-state index in [0.29, 0.717) is 0 Å². The topological polar surface area (TPSA) is 75.4 Å². The summed E-state index contributed by atoms with van der Waals surface area (Å²) in [6.07, 6.45) is 0. The average molecular weight is 132 g/mol. The lowest BCUT2D eigenvalue weighted by atomic mass is 10.0. The van der Waals surface area contributed by atoms with E-state index in [0.717, 1.165) is 0 Å². The molecule has 0 aromatic carbocycles. The fourth-order valence-electron chi connectivity index (χ4n) is 0.341. The third kappa shape index (κ3) is 2.43. The summed E-state index contributed by atoms with van der Waals surface area (Å²) in [6.45, 7) is 3.36. The molecule has 0 spiro atoms. The Balaban J connectivity index is 3.72. The van der Waals surface area contributed by atoms with Crippen LogP contribution in [-0.4, -0.2) is 17.2 Å². The van der Waals surface area contributed by atoms with Crippen molar-refractivity contribution in [3.05, 3.63) is 0 Å². The standard InChI is InChI=1S/C5H12N2O2/c1-3(4(2)6)5(8)7-9/h3-4,9H,6H2,1-2H3,(H,7,8). The molecule has 2 unspecified atom stereocenters. The highest BCUT2D eigenvalue weighted by atomic mass is 16.5. The predicted molar refractivity (Wildman–Crippen MR) is 32.7 cm³/mol. The molecule has 0 bridgehead atoms. The summed E-state index contributed by atoms with van der Waals surface area (Å²) in [7, 11) is 0. The quantitative estimate of drug-likeness (QED) is 0.349. The van der Waals surface area contributed by atoms with Crippen molar-refractivity contribution in [2.75, 3.05) is 0 Å². The van der Waals surface area contributed by atoms with Gasteiger partial charge in [-0.15, -0.1) is 0 Å². The first-order valence-electron chi connectivity index (χ1n) is 2.79.